The van der Waals surface area contributed by atoms with Gasteiger partial charge < -0.3 is 4.90 Å². The molecule has 0 spiro atoms. The lowest BCUT2D eigenvalue weighted by molar-refractivity contribution is -0.129. The Morgan fingerprint density at radius 1 is 1.33 bits per heavy atom. The lowest BCUT2D eigenvalue weighted by Crippen LogP contribution is -2.25. The molecule has 0 bridgehead atoms. The third-order valence-electron chi connectivity index (χ3n) is 3.49. The quantitative estimate of drug-likeness (QED) is 0.817. The van der Waals surface area contributed by atoms with Gasteiger partial charge in [-0.25, -0.2) is 0 Å². The number of hydrogen-bond donors (Lipinski definition) is 0. The molecule has 18 heavy (non-hydrogen) atoms. The molecule has 0 atom stereocenters. The average Bonchev–Trinajstić information content (AvgIpc) is 2.39. The summed E-state index contributed by atoms with van der Waals surface area (Å²) in [6.07, 6.45) is 4.84. The van der Waals surface area contributed by atoms with Crippen LogP contribution in [-0.4, -0.2) is 17.9 Å². The van der Waals surface area contributed by atoms with Crippen LogP contribution in [0.2, 0.25) is 0 Å². The van der Waals surface area contributed by atoms with E-state index in [0.717, 1.165) is 12.0 Å². The molecule has 2 rings (SSSR count). The summed E-state index contributed by atoms with van der Waals surface area (Å²) < 4.78 is 0. The molecule has 0 fully saturated rings. The first-order valence-electron chi connectivity index (χ1n) is 6.42. The molecule has 1 aromatic carbocycles. The first-order chi connectivity index (χ1) is 8.70. The minimum Gasteiger partial charge on any atom is -0.341 e. The Hall–Kier alpha value is -1.82. The van der Waals surface area contributed by atoms with E-state index in [0.29, 0.717) is 6.54 Å². The molecule has 94 valence electrons. The second-order valence-corrected chi connectivity index (χ2v) is 4.89. The predicted molar refractivity (Wildman–Crippen MR) is 69.8 cm³/mol. The van der Waals surface area contributed by atoms with Crippen molar-refractivity contribution >= 4 is 5.91 Å². The summed E-state index contributed by atoms with van der Waals surface area (Å²) in [5.41, 5.74) is 4.04. The number of aryl methyl sites for hydroxylation is 2. The van der Waals surface area contributed by atoms with E-state index in [2.05, 4.69) is 18.2 Å². The van der Waals surface area contributed by atoms with Crippen LogP contribution >= 0.6 is 0 Å². The maximum Gasteiger partial charge on any atom is 0.236 e. The summed E-state index contributed by atoms with van der Waals surface area (Å²) in [7, 11) is 1.75. The van der Waals surface area contributed by atoms with Crippen LogP contribution in [0.25, 0.3) is 0 Å². The van der Waals surface area contributed by atoms with Crippen LogP contribution in [0.4, 0.5) is 0 Å². The van der Waals surface area contributed by atoms with Gasteiger partial charge in [0.05, 0.1) is 6.07 Å². The first-order valence-corrected chi connectivity index (χ1v) is 6.42. The van der Waals surface area contributed by atoms with Crippen molar-refractivity contribution < 1.29 is 4.79 Å². The fourth-order valence-electron chi connectivity index (χ4n) is 2.45. The SMILES string of the molecule is CN(Cc1ccc2c(c1)CCCC2)C(=O)CC#N. The van der Waals surface area contributed by atoms with Crippen molar-refractivity contribution in [2.75, 3.05) is 7.05 Å². The summed E-state index contributed by atoms with van der Waals surface area (Å²) in [5.74, 6) is -0.116. The Balaban J connectivity index is 2.06. The van der Waals surface area contributed by atoms with Gasteiger partial charge in [0.25, 0.3) is 0 Å². The highest BCUT2D eigenvalue weighted by molar-refractivity contribution is 5.77. The number of carbonyl (C=O) groups is 1. The van der Waals surface area contributed by atoms with Crippen LogP contribution in [-0.2, 0) is 24.2 Å². The van der Waals surface area contributed by atoms with Gasteiger partial charge in [0.15, 0.2) is 0 Å². The summed E-state index contributed by atoms with van der Waals surface area (Å²) in [5, 5.41) is 8.51. The lowest BCUT2D eigenvalue weighted by Gasteiger charge is -2.19. The fourth-order valence-corrected chi connectivity index (χ4v) is 2.45. The van der Waals surface area contributed by atoms with Gasteiger partial charge in [-0.2, -0.15) is 5.26 Å². The highest BCUT2D eigenvalue weighted by atomic mass is 16.2. The van der Waals surface area contributed by atoms with Crippen LogP contribution in [0.1, 0.15) is 36.0 Å². The number of nitrogens with zero attached hydrogens (tertiary/aromatic N) is 2. The Morgan fingerprint density at radius 2 is 2.06 bits per heavy atom. The first kappa shape index (κ1) is 12.6. The van der Waals surface area contributed by atoms with Gasteiger partial charge in [-0.05, 0) is 42.4 Å². The minimum absolute atomic E-state index is 0.0402. The molecule has 1 amide bonds. The second-order valence-electron chi connectivity index (χ2n) is 4.89. The Morgan fingerprint density at radius 3 is 2.78 bits per heavy atom. The molecular formula is C15H18N2O. The van der Waals surface area contributed by atoms with Gasteiger partial charge >= 0.3 is 0 Å². The van der Waals surface area contributed by atoms with Crippen molar-refractivity contribution in [3.8, 4) is 6.07 Å². The zero-order valence-corrected chi connectivity index (χ0v) is 10.8. The van der Waals surface area contributed by atoms with Crippen molar-refractivity contribution in [1.82, 2.24) is 4.90 Å². The van der Waals surface area contributed by atoms with Crippen molar-refractivity contribution in [3.63, 3.8) is 0 Å². The highest BCUT2D eigenvalue weighted by Crippen LogP contribution is 2.22. The number of carbonyl (C=O) groups excluding carboxylic acids is 1. The van der Waals surface area contributed by atoms with Gasteiger partial charge in [-0.3, -0.25) is 4.79 Å². The van der Waals surface area contributed by atoms with Crippen molar-refractivity contribution in [1.29, 1.82) is 5.26 Å². The Bertz CT molecular complexity index is 488. The third-order valence-corrected chi connectivity index (χ3v) is 3.49. The van der Waals surface area contributed by atoms with E-state index in [9.17, 15) is 4.79 Å². The highest BCUT2D eigenvalue weighted by Gasteiger charge is 2.12. The number of benzene rings is 1. The molecule has 0 N–H and O–H groups in total. The second kappa shape index (κ2) is 5.68. The van der Waals surface area contributed by atoms with Gasteiger partial charge in [0.1, 0.15) is 6.42 Å². The van der Waals surface area contributed by atoms with Gasteiger partial charge in [-0.1, -0.05) is 18.2 Å². The van der Waals surface area contributed by atoms with Crippen LogP contribution in [0.15, 0.2) is 18.2 Å². The zero-order valence-electron chi connectivity index (χ0n) is 10.8. The molecule has 0 aromatic heterocycles. The molecule has 0 unspecified atom stereocenters. The number of rotatable bonds is 3. The van der Waals surface area contributed by atoms with Crippen LogP contribution in [0.5, 0.6) is 0 Å². The van der Waals surface area contributed by atoms with Crippen molar-refractivity contribution in [2.45, 2.75) is 38.6 Å². The summed E-state index contributed by atoms with van der Waals surface area (Å²) in [4.78, 5) is 13.2. The Kier molecular flexibility index (Phi) is 3.99. The van der Waals surface area contributed by atoms with Crippen molar-refractivity contribution in [3.05, 3.63) is 34.9 Å². The van der Waals surface area contributed by atoms with Crippen LogP contribution < -0.4 is 0 Å². The number of amides is 1. The maximum atomic E-state index is 11.5. The molecule has 1 aromatic rings. The average molecular weight is 242 g/mol. The number of fused-ring (bicyclic) bond motifs is 1. The fraction of sp³-hybridized carbons (Fsp3) is 0.467. The molecular weight excluding hydrogens is 224 g/mol. The topological polar surface area (TPSA) is 44.1 Å². The summed E-state index contributed by atoms with van der Waals surface area (Å²) in [6, 6.07) is 8.39. The van der Waals surface area contributed by atoms with Gasteiger partial charge in [-0.15, -0.1) is 0 Å². The molecule has 0 aliphatic heterocycles. The molecule has 3 nitrogen and oxygen atoms in total. The molecule has 0 saturated heterocycles. The third kappa shape index (κ3) is 2.89. The van der Waals surface area contributed by atoms with E-state index in [4.69, 9.17) is 5.26 Å². The predicted octanol–water partition coefficient (Wildman–Crippen LogP) is 2.44. The van der Waals surface area contributed by atoms with Gasteiger partial charge in [0, 0.05) is 13.6 Å². The molecule has 0 heterocycles. The zero-order chi connectivity index (χ0) is 13.0. The standard InChI is InChI=1S/C15H18N2O/c1-17(15(18)8-9-16)11-12-6-7-13-4-2-3-5-14(13)10-12/h6-7,10H,2-5,8,11H2,1H3. The Labute approximate surface area is 108 Å². The number of hydrogen-bond acceptors (Lipinski definition) is 2. The van der Waals surface area contributed by atoms with E-state index in [1.165, 1.54) is 30.4 Å². The molecule has 0 saturated carbocycles. The van der Waals surface area contributed by atoms with Crippen LogP contribution in [0, 0.1) is 11.3 Å². The largest absolute Gasteiger partial charge is 0.341 e. The van der Waals surface area contributed by atoms with Gasteiger partial charge in [0.2, 0.25) is 5.91 Å². The maximum absolute atomic E-state index is 11.5. The van der Waals surface area contributed by atoms with E-state index in [-0.39, 0.29) is 12.3 Å². The summed E-state index contributed by atoms with van der Waals surface area (Å²) in [6.45, 7) is 0.591. The normalized spacial score (nSPS) is 13.6. The lowest BCUT2D eigenvalue weighted by atomic mass is 9.90. The number of nitriles is 1. The van der Waals surface area contributed by atoms with Crippen molar-refractivity contribution in [2.24, 2.45) is 0 Å². The summed E-state index contributed by atoms with van der Waals surface area (Å²) >= 11 is 0. The molecule has 1 aliphatic carbocycles. The monoisotopic (exact) mass is 242 g/mol. The molecule has 0 radical (unpaired) electrons. The molecule has 1 aliphatic rings. The van der Waals surface area contributed by atoms with E-state index >= 15 is 0 Å². The van der Waals surface area contributed by atoms with E-state index in [1.54, 1.807) is 11.9 Å². The van der Waals surface area contributed by atoms with E-state index in [1.807, 2.05) is 6.07 Å². The molecule has 3 heteroatoms. The van der Waals surface area contributed by atoms with Crippen LogP contribution in [0.3, 0.4) is 0 Å². The smallest absolute Gasteiger partial charge is 0.236 e. The van der Waals surface area contributed by atoms with E-state index < -0.39 is 0 Å². The minimum atomic E-state index is -0.116.